The fourth-order valence-electron chi connectivity index (χ4n) is 1.99. The molecule has 1 heterocycles. The molecule has 2 aliphatic rings. The average Bonchev–Trinajstić information content (AvgIpc) is 2.69. The standard InChI is InChI=1S/C8H15N2.Li/c1-10-8(9-10)7-5-3-2-4-6-7;/h7-8H,2-6H2,1H3;/q-1;+1/t8-,10?;/m1./s1. The second kappa shape index (κ2) is 3.96. The third-order valence-corrected chi connectivity index (χ3v) is 2.70. The molecule has 0 aromatic heterocycles. The van der Waals surface area contributed by atoms with Crippen LogP contribution in [0, 0.1) is 5.92 Å². The third-order valence-electron chi connectivity index (χ3n) is 2.70. The molecule has 11 heavy (non-hydrogen) atoms. The first kappa shape index (κ1) is 9.60. The summed E-state index contributed by atoms with van der Waals surface area (Å²) in [6, 6.07) is 0. The Morgan fingerprint density at radius 3 is 2.18 bits per heavy atom. The van der Waals surface area contributed by atoms with Gasteiger partial charge in [0.1, 0.15) is 0 Å². The summed E-state index contributed by atoms with van der Waals surface area (Å²) in [6.45, 7) is 0. The fraction of sp³-hybridized carbons (Fsp3) is 1.00. The average molecular weight is 146 g/mol. The van der Waals surface area contributed by atoms with E-state index in [1.807, 2.05) is 0 Å². The first-order chi connectivity index (χ1) is 4.88. The minimum atomic E-state index is 0. The van der Waals surface area contributed by atoms with Crippen molar-refractivity contribution in [1.82, 2.24) is 5.01 Å². The van der Waals surface area contributed by atoms with Crippen LogP contribution in [-0.4, -0.2) is 18.2 Å². The molecule has 2 fully saturated rings. The summed E-state index contributed by atoms with van der Waals surface area (Å²) >= 11 is 0. The third kappa shape index (κ3) is 2.23. The van der Waals surface area contributed by atoms with Gasteiger partial charge in [0.05, 0.1) is 0 Å². The van der Waals surface area contributed by atoms with Crippen LogP contribution in [0.15, 0.2) is 0 Å². The summed E-state index contributed by atoms with van der Waals surface area (Å²) in [6.07, 6.45) is 7.76. The molecular formula is C8H15LiN2. The van der Waals surface area contributed by atoms with Crippen LogP contribution in [0.25, 0.3) is 5.43 Å². The molecule has 0 radical (unpaired) electrons. The molecule has 2 nitrogen and oxygen atoms in total. The molecule has 1 saturated carbocycles. The molecule has 0 spiro atoms. The van der Waals surface area contributed by atoms with Gasteiger partial charge in [0.25, 0.3) is 0 Å². The van der Waals surface area contributed by atoms with E-state index in [1.54, 1.807) is 0 Å². The predicted octanol–water partition coefficient (Wildman–Crippen LogP) is -0.869. The molecule has 0 N–H and O–H groups in total. The SMILES string of the molecule is CN1[N-][C@H]1C1CCCCC1.[Li+]. The maximum absolute atomic E-state index is 4.31. The van der Waals surface area contributed by atoms with Gasteiger partial charge in [-0.15, -0.1) is 0 Å². The maximum Gasteiger partial charge on any atom is 1.00 e. The van der Waals surface area contributed by atoms with E-state index >= 15 is 0 Å². The number of hydrogen-bond acceptors (Lipinski definition) is 1. The Balaban J connectivity index is 0.000000605. The molecule has 1 aliphatic carbocycles. The van der Waals surface area contributed by atoms with Gasteiger partial charge in [-0.25, -0.2) is 0 Å². The van der Waals surface area contributed by atoms with Crippen LogP contribution in [0.5, 0.6) is 0 Å². The topological polar surface area (TPSA) is 17.1 Å². The van der Waals surface area contributed by atoms with Crippen molar-refractivity contribution in [1.29, 1.82) is 0 Å². The van der Waals surface area contributed by atoms with Crippen molar-refractivity contribution >= 4 is 0 Å². The number of nitrogens with zero attached hydrogens (tertiary/aromatic N) is 2. The largest absolute Gasteiger partial charge is 1.00 e. The van der Waals surface area contributed by atoms with Crippen LogP contribution in [0.2, 0.25) is 0 Å². The van der Waals surface area contributed by atoms with Crippen molar-refractivity contribution in [2.24, 2.45) is 5.92 Å². The Labute approximate surface area is 80.9 Å². The van der Waals surface area contributed by atoms with Crippen molar-refractivity contribution in [3.63, 3.8) is 0 Å². The Kier molecular flexibility index (Phi) is 3.45. The Morgan fingerprint density at radius 2 is 1.73 bits per heavy atom. The van der Waals surface area contributed by atoms with Crippen molar-refractivity contribution in [2.75, 3.05) is 7.05 Å². The van der Waals surface area contributed by atoms with Crippen molar-refractivity contribution in [3.8, 4) is 0 Å². The van der Waals surface area contributed by atoms with E-state index < -0.39 is 0 Å². The molecule has 0 bridgehead atoms. The molecule has 0 aromatic carbocycles. The van der Waals surface area contributed by atoms with Crippen LogP contribution in [0.3, 0.4) is 0 Å². The van der Waals surface area contributed by atoms with Gasteiger partial charge >= 0.3 is 18.9 Å². The zero-order valence-corrected chi connectivity index (χ0v) is 7.58. The maximum atomic E-state index is 4.31. The van der Waals surface area contributed by atoms with Crippen molar-refractivity contribution in [2.45, 2.75) is 38.3 Å². The second-order valence-electron chi connectivity index (χ2n) is 3.50. The van der Waals surface area contributed by atoms with Gasteiger partial charge < -0.3 is 10.4 Å². The van der Waals surface area contributed by atoms with Gasteiger partial charge in [-0.1, -0.05) is 38.3 Å². The molecule has 0 aromatic rings. The van der Waals surface area contributed by atoms with Crippen molar-refractivity contribution < 1.29 is 18.9 Å². The van der Waals surface area contributed by atoms with Gasteiger partial charge in [0, 0.05) is 0 Å². The summed E-state index contributed by atoms with van der Waals surface area (Å²) in [7, 11) is 2.08. The Morgan fingerprint density at radius 1 is 1.18 bits per heavy atom. The quantitative estimate of drug-likeness (QED) is 0.347. The zero-order chi connectivity index (χ0) is 6.97. The van der Waals surface area contributed by atoms with E-state index in [2.05, 4.69) is 17.5 Å². The molecule has 3 heteroatoms. The van der Waals surface area contributed by atoms with Crippen LogP contribution < -0.4 is 18.9 Å². The van der Waals surface area contributed by atoms with E-state index in [0.717, 1.165) is 5.92 Å². The van der Waals surface area contributed by atoms with E-state index in [-0.39, 0.29) is 18.9 Å². The van der Waals surface area contributed by atoms with Gasteiger partial charge in [-0.3, -0.25) is 0 Å². The zero-order valence-electron chi connectivity index (χ0n) is 7.58. The van der Waals surface area contributed by atoms with E-state index in [9.17, 15) is 0 Å². The van der Waals surface area contributed by atoms with Crippen LogP contribution in [-0.2, 0) is 0 Å². The molecule has 0 amide bonds. The molecule has 2 atom stereocenters. The predicted molar refractivity (Wildman–Crippen MR) is 41.5 cm³/mol. The van der Waals surface area contributed by atoms with Gasteiger partial charge in [0.2, 0.25) is 0 Å². The fourth-order valence-corrected chi connectivity index (χ4v) is 1.99. The first-order valence-corrected chi connectivity index (χ1v) is 4.31. The minimum Gasteiger partial charge on any atom is -0.582 e. The van der Waals surface area contributed by atoms with Gasteiger partial charge in [-0.2, -0.15) is 0 Å². The van der Waals surface area contributed by atoms with E-state index in [0.29, 0.717) is 6.17 Å². The first-order valence-electron chi connectivity index (χ1n) is 4.31. The number of hydrogen-bond donors (Lipinski definition) is 0. The molecule has 1 unspecified atom stereocenters. The summed E-state index contributed by atoms with van der Waals surface area (Å²) in [4.78, 5) is 0. The molecular weight excluding hydrogens is 131 g/mol. The Hall–Kier alpha value is 0.517. The minimum absolute atomic E-state index is 0. The Bertz CT molecular complexity index is 123. The number of rotatable bonds is 1. The summed E-state index contributed by atoms with van der Waals surface area (Å²) in [5.41, 5.74) is 4.31. The second-order valence-corrected chi connectivity index (χ2v) is 3.50. The van der Waals surface area contributed by atoms with Crippen LogP contribution >= 0.6 is 0 Å². The smallest absolute Gasteiger partial charge is 0.582 e. The molecule has 58 valence electrons. The molecule has 1 saturated heterocycles. The van der Waals surface area contributed by atoms with Gasteiger partial charge in [0.15, 0.2) is 0 Å². The molecule has 2 rings (SSSR count). The molecule has 1 aliphatic heterocycles. The monoisotopic (exact) mass is 146 g/mol. The van der Waals surface area contributed by atoms with E-state index in [4.69, 9.17) is 0 Å². The van der Waals surface area contributed by atoms with Crippen LogP contribution in [0.1, 0.15) is 32.1 Å². The van der Waals surface area contributed by atoms with Crippen molar-refractivity contribution in [3.05, 3.63) is 5.43 Å². The van der Waals surface area contributed by atoms with E-state index in [1.165, 1.54) is 32.1 Å². The van der Waals surface area contributed by atoms with Gasteiger partial charge in [-0.05, 0) is 13.0 Å². The summed E-state index contributed by atoms with van der Waals surface area (Å²) in [5, 5.41) is 2.11. The normalized spacial score (nSPS) is 37.9. The van der Waals surface area contributed by atoms with Crippen LogP contribution in [0.4, 0.5) is 0 Å². The summed E-state index contributed by atoms with van der Waals surface area (Å²) < 4.78 is 0. The summed E-state index contributed by atoms with van der Waals surface area (Å²) in [5.74, 6) is 0.902.